The Morgan fingerprint density at radius 3 is 2.66 bits per heavy atom. The first-order chi connectivity index (χ1) is 13.7. The second kappa shape index (κ2) is 6.50. The minimum atomic E-state index is -4.64. The van der Waals surface area contributed by atoms with E-state index in [1.165, 1.54) is 11.2 Å². The van der Waals surface area contributed by atoms with Crippen molar-refractivity contribution in [3.8, 4) is 0 Å². The van der Waals surface area contributed by atoms with E-state index in [-0.39, 0.29) is 17.7 Å². The van der Waals surface area contributed by atoms with E-state index in [9.17, 15) is 18.3 Å². The second-order valence-corrected chi connectivity index (χ2v) is 9.23. The normalized spacial score (nSPS) is 35.1. The molecule has 2 saturated carbocycles. The predicted molar refractivity (Wildman–Crippen MR) is 97.9 cm³/mol. The molecule has 10 heteroatoms. The molecule has 160 valence electrons. The van der Waals surface area contributed by atoms with Gasteiger partial charge in [-0.25, -0.2) is 15.4 Å². The van der Waals surface area contributed by atoms with E-state index in [0.717, 1.165) is 37.8 Å². The van der Waals surface area contributed by atoms with Crippen LogP contribution in [0, 0.1) is 5.92 Å². The van der Waals surface area contributed by atoms with Crippen LogP contribution in [0.3, 0.4) is 0 Å². The Balaban J connectivity index is 1.28. The van der Waals surface area contributed by atoms with Crippen LogP contribution in [0.25, 0.3) is 0 Å². The average Bonchev–Trinajstić information content (AvgIpc) is 3.21. The summed E-state index contributed by atoms with van der Waals surface area (Å²) >= 11 is 0. The van der Waals surface area contributed by atoms with Crippen LogP contribution >= 0.6 is 0 Å². The van der Waals surface area contributed by atoms with Crippen molar-refractivity contribution in [1.82, 2.24) is 20.8 Å². The minimum Gasteiger partial charge on any atom is -0.378 e. The molecule has 0 bridgehead atoms. The van der Waals surface area contributed by atoms with Crippen molar-refractivity contribution >= 4 is 5.82 Å². The lowest BCUT2D eigenvalue weighted by molar-refractivity contribution is -0.267. The topological polar surface area (TPSA) is 82.5 Å². The fourth-order valence-electron chi connectivity index (χ4n) is 4.74. The molecule has 3 N–H and O–H groups in total. The minimum absolute atomic E-state index is 0.0430. The highest BCUT2D eigenvalue weighted by Crippen LogP contribution is 2.45. The quantitative estimate of drug-likeness (QED) is 0.695. The molecule has 4 fully saturated rings. The van der Waals surface area contributed by atoms with Crippen LogP contribution in [0.1, 0.15) is 50.8 Å². The van der Waals surface area contributed by atoms with Crippen molar-refractivity contribution in [2.45, 2.75) is 74.6 Å². The van der Waals surface area contributed by atoms with Crippen LogP contribution in [0.5, 0.6) is 0 Å². The highest BCUT2D eigenvalue weighted by molar-refractivity contribution is 5.45. The summed E-state index contributed by atoms with van der Waals surface area (Å²) in [4.78, 5) is 9.93. The molecular formula is C19H26F3N5O2. The molecule has 0 amide bonds. The van der Waals surface area contributed by atoms with Crippen molar-refractivity contribution in [3.63, 3.8) is 0 Å². The van der Waals surface area contributed by atoms with Gasteiger partial charge in [0.1, 0.15) is 12.1 Å². The van der Waals surface area contributed by atoms with E-state index in [4.69, 9.17) is 4.74 Å². The van der Waals surface area contributed by atoms with E-state index in [2.05, 4.69) is 27.7 Å². The molecule has 0 radical (unpaired) electrons. The summed E-state index contributed by atoms with van der Waals surface area (Å²) in [5.41, 5.74) is 4.79. The number of aromatic nitrogens is 2. The summed E-state index contributed by atoms with van der Waals surface area (Å²) in [5, 5.41) is 9.69. The second-order valence-electron chi connectivity index (χ2n) is 9.23. The van der Waals surface area contributed by atoms with Gasteiger partial charge in [-0.2, -0.15) is 13.2 Å². The number of nitrogens with one attached hydrogen (secondary N) is 2. The van der Waals surface area contributed by atoms with E-state index in [1.54, 1.807) is 6.07 Å². The molecule has 0 spiro atoms. The van der Waals surface area contributed by atoms with Crippen LogP contribution in [-0.4, -0.2) is 57.7 Å². The van der Waals surface area contributed by atoms with Crippen molar-refractivity contribution in [3.05, 3.63) is 18.1 Å². The lowest BCUT2D eigenvalue weighted by Gasteiger charge is -2.47. The zero-order valence-corrected chi connectivity index (χ0v) is 16.2. The fraction of sp³-hybridized carbons (Fsp3) is 0.789. The molecule has 0 aromatic carbocycles. The number of fused-ring (bicyclic) bond motifs is 1. The highest BCUT2D eigenvalue weighted by atomic mass is 19.4. The monoisotopic (exact) mass is 413 g/mol. The van der Waals surface area contributed by atoms with E-state index in [0.29, 0.717) is 17.8 Å². The standard InChI is InChI=1S/C19H26F3N5O2/c1-17(4-5-17)29-11-2-3-13-12(6-11)16(26-25-13)14-7-15(24-10-23-14)27-8-18(28,9-27)19(20,21)22/h7,10-13,16,25-26,28H,2-6,8-9H2,1H3. The lowest BCUT2D eigenvalue weighted by atomic mass is 9.79. The van der Waals surface area contributed by atoms with Gasteiger partial charge in [-0.15, -0.1) is 0 Å². The van der Waals surface area contributed by atoms with Crippen LogP contribution < -0.4 is 15.8 Å². The van der Waals surface area contributed by atoms with Gasteiger partial charge in [-0.3, -0.25) is 5.43 Å². The SMILES string of the molecule is CC1(OC2CCC3NNC(c4cc(N5CC(O)(C(F)(F)F)C5)ncn4)C3C2)CC1. The molecule has 1 aromatic rings. The van der Waals surface area contributed by atoms with E-state index < -0.39 is 24.9 Å². The first kappa shape index (κ1) is 19.5. The molecule has 3 heterocycles. The molecule has 4 atom stereocenters. The van der Waals surface area contributed by atoms with Gasteiger partial charge >= 0.3 is 6.18 Å². The smallest absolute Gasteiger partial charge is 0.378 e. The third kappa shape index (κ3) is 3.49. The number of hydrazine groups is 1. The Bertz CT molecular complexity index is 781. The third-order valence-electron chi connectivity index (χ3n) is 6.86. The Kier molecular flexibility index (Phi) is 4.37. The summed E-state index contributed by atoms with van der Waals surface area (Å²) in [5.74, 6) is 0.700. The fourth-order valence-corrected chi connectivity index (χ4v) is 4.74. The number of hydrogen-bond donors (Lipinski definition) is 3. The van der Waals surface area contributed by atoms with Crippen LogP contribution in [0.15, 0.2) is 12.4 Å². The number of anilines is 1. The summed E-state index contributed by atoms with van der Waals surface area (Å²) in [6.45, 7) is 1.14. The summed E-state index contributed by atoms with van der Waals surface area (Å²) < 4.78 is 45.0. The number of aliphatic hydroxyl groups is 1. The molecule has 5 rings (SSSR count). The van der Waals surface area contributed by atoms with Crippen LogP contribution in [0.2, 0.25) is 0 Å². The van der Waals surface area contributed by atoms with Crippen LogP contribution in [0.4, 0.5) is 19.0 Å². The molecule has 4 aliphatic rings. The first-order valence-electron chi connectivity index (χ1n) is 10.2. The predicted octanol–water partition coefficient (Wildman–Crippen LogP) is 1.85. The summed E-state index contributed by atoms with van der Waals surface area (Å²) in [6, 6.07) is 2.00. The van der Waals surface area contributed by atoms with Gasteiger partial charge in [-0.1, -0.05) is 0 Å². The Hall–Kier alpha value is -1.49. The average molecular weight is 413 g/mol. The highest BCUT2D eigenvalue weighted by Gasteiger charge is 2.61. The molecule has 2 saturated heterocycles. The Morgan fingerprint density at radius 2 is 1.97 bits per heavy atom. The zero-order chi connectivity index (χ0) is 20.4. The van der Waals surface area contributed by atoms with Crippen molar-refractivity contribution in [2.24, 2.45) is 5.92 Å². The van der Waals surface area contributed by atoms with Crippen molar-refractivity contribution in [2.75, 3.05) is 18.0 Å². The van der Waals surface area contributed by atoms with Gasteiger partial charge in [0.25, 0.3) is 0 Å². The van der Waals surface area contributed by atoms with Gasteiger partial charge in [-0.05, 0) is 39.0 Å². The maximum absolute atomic E-state index is 12.9. The van der Waals surface area contributed by atoms with Gasteiger partial charge in [0.05, 0.1) is 36.5 Å². The number of nitrogens with zero attached hydrogens (tertiary/aromatic N) is 3. The molecule has 4 unspecified atom stereocenters. The zero-order valence-electron chi connectivity index (χ0n) is 16.2. The molecule has 1 aromatic heterocycles. The Labute approximate surface area is 167 Å². The summed E-state index contributed by atoms with van der Waals surface area (Å²) in [6.07, 6.45) is 2.16. The van der Waals surface area contributed by atoms with E-state index in [1.807, 2.05) is 0 Å². The maximum atomic E-state index is 12.9. The third-order valence-corrected chi connectivity index (χ3v) is 6.86. The van der Waals surface area contributed by atoms with Crippen LogP contribution in [-0.2, 0) is 4.74 Å². The van der Waals surface area contributed by atoms with Gasteiger partial charge in [0, 0.05) is 18.0 Å². The lowest BCUT2D eigenvalue weighted by Crippen LogP contribution is -2.69. The number of ether oxygens (including phenoxy) is 1. The number of hydrogen-bond acceptors (Lipinski definition) is 7. The molecule has 2 aliphatic heterocycles. The van der Waals surface area contributed by atoms with Gasteiger partial charge in [0.2, 0.25) is 0 Å². The Morgan fingerprint density at radius 1 is 1.21 bits per heavy atom. The largest absolute Gasteiger partial charge is 0.420 e. The number of rotatable bonds is 4. The van der Waals surface area contributed by atoms with Crippen molar-refractivity contribution in [1.29, 1.82) is 0 Å². The molecular weight excluding hydrogens is 387 g/mol. The number of alkyl halides is 3. The number of halogens is 3. The maximum Gasteiger partial charge on any atom is 0.420 e. The van der Waals surface area contributed by atoms with Crippen molar-refractivity contribution < 1.29 is 23.0 Å². The van der Waals surface area contributed by atoms with E-state index >= 15 is 0 Å². The molecule has 2 aliphatic carbocycles. The first-order valence-corrected chi connectivity index (χ1v) is 10.2. The van der Waals surface area contributed by atoms with Gasteiger partial charge < -0.3 is 14.7 Å². The summed E-state index contributed by atoms with van der Waals surface area (Å²) in [7, 11) is 0. The number of β-amino-alcohol motifs (C(OH)–C–C–N with tert-alkyl or cyclic N) is 1. The molecule has 7 nitrogen and oxygen atoms in total. The molecule has 29 heavy (non-hydrogen) atoms. The van der Waals surface area contributed by atoms with Gasteiger partial charge in [0.15, 0.2) is 5.60 Å².